The van der Waals surface area contributed by atoms with E-state index in [2.05, 4.69) is 15.2 Å². The monoisotopic (exact) mass is 281 g/mol. The van der Waals surface area contributed by atoms with Crippen molar-refractivity contribution in [1.82, 2.24) is 15.2 Å². The van der Waals surface area contributed by atoms with Crippen LogP contribution in [-0.2, 0) is 11.2 Å². The highest BCUT2D eigenvalue weighted by atomic mass is 32.2. The summed E-state index contributed by atoms with van der Waals surface area (Å²) in [5, 5.41) is 17.4. The van der Waals surface area contributed by atoms with Gasteiger partial charge in [-0.25, -0.2) is 4.98 Å². The first-order chi connectivity index (χ1) is 8.54. The lowest BCUT2D eigenvalue weighted by atomic mass is 10.3. The molecule has 0 unspecified atom stereocenters. The molecule has 0 atom stereocenters. The van der Waals surface area contributed by atoms with Crippen LogP contribution in [0.2, 0.25) is 0 Å². The molecule has 2 aromatic heterocycles. The minimum absolute atomic E-state index is 0.0174. The van der Waals surface area contributed by atoms with Gasteiger partial charge in [0.15, 0.2) is 4.34 Å². The molecule has 0 radical (unpaired) electrons. The van der Waals surface area contributed by atoms with Crippen molar-refractivity contribution in [3.63, 3.8) is 0 Å². The number of carboxylic acid groups (broad SMARTS) is 1. The molecule has 0 aliphatic rings. The molecule has 0 saturated carbocycles. The highest BCUT2D eigenvalue weighted by Crippen LogP contribution is 2.32. The Morgan fingerprint density at radius 2 is 2.28 bits per heavy atom. The molecule has 0 aromatic carbocycles. The first kappa shape index (κ1) is 13.0. The summed E-state index contributed by atoms with van der Waals surface area (Å²) in [6.07, 6.45) is 1.70. The number of aromatic nitrogens is 3. The summed E-state index contributed by atoms with van der Waals surface area (Å²) in [4.78, 5) is 15.8. The average Bonchev–Trinajstić information content (AvgIpc) is 2.58. The Morgan fingerprint density at radius 3 is 2.94 bits per heavy atom. The third kappa shape index (κ3) is 3.27. The van der Waals surface area contributed by atoms with E-state index in [0.29, 0.717) is 0 Å². The van der Waals surface area contributed by atoms with E-state index in [1.807, 2.05) is 19.9 Å². The standard InChI is InChI=1S/C11H11N3O2S2/c1-6-3-9(14-12-5-6)18-11-13-7(2)8(17-11)4-10(15)16/h3,5H,4H2,1-2H3,(H,15,16). The second-order valence-electron chi connectivity index (χ2n) is 3.73. The van der Waals surface area contributed by atoms with Gasteiger partial charge in [0.2, 0.25) is 0 Å². The zero-order valence-corrected chi connectivity index (χ0v) is 11.5. The Labute approximate surface area is 112 Å². The number of hydrogen-bond donors (Lipinski definition) is 1. The Kier molecular flexibility index (Phi) is 3.93. The van der Waals surface area contributed by atoms with Gasteiger partial charge in [0, 0.05) is 4.88 Å². The molecule has 7 heteroatoms. The van der Waals surface area contributed by atoms with Crippen molar-refractivity contribution in [3.8, 4) is 0 Å². The normalized spacial score (nSPS) is 10.6. The number of carboxylic acids is 1. The fraction of sp³-hybridized carbons (Fsp3) is 0.273. The smallest absolute Gasteiger partial charge is 0.308 e. The molecule has 94 valence electrons. The van der Waals surface area contributed by atoms with E-state index in [9.17, 15) is 4.79 Å². The van der Waals surface area contributed by atoms with Crippen LogP contribution < -0.4 is 0 Å². The highest BCUT2D eigenvalue weighted by Gasteiger charge is 2.12. The molecule has 0 aliphatic heterocycles. The van der Waals surface area contributed by atoms with Crippen LogP contribution in [0.15, 0.2) is 21.6 Å². The van der Waals surface area contributed by atoms with Crippen LogP contribution in [0.3, 0.4) is 0 Å². The van der Waals surface area contributed by atoms with Gasteiger partial charge in [-0.1, -0.05) is 0 Å². The van der Waals surface area contributed by atoms with Crippen molar-refractivity contribution in [2.24, 2.45) is 0 Å². The van der Waals surface area contributed by atoms with Crippen molar-refractivity contribution < 1.29 is 9.90 Å². The first-order valence-corrected chi connectivity index (χ1v) is 6.83. The number of hydrogen-bond acceptors (Lipinski definition) is 6. The summed E-state index contributed by atoms with van der Waals surface area (Å²) < 4.78 is 0.795. The molecule has 0 saturated heterocycles. The molecule has 0 spiro atoms. The third-order valence-corrected chi connectivity index (χ3v) is 4.27. The lowest BCUT2D eigenvalue weighted by molar-refractivity contribution is -0.136. The molecule has 2 rings (SSSR count). The summed E-state index contributed by atoms with van der Waals surface area (Å²) >= 11 is 2.80. The first-order valence-electron chi connectivity index (χ1n) is 5.20. The van der Waals surface area contributed by atoms with Crippen molar-refractivity contribution >= 4 is 29.1 Å². The summed E-state index contributed by atoms with van der Waals surface area (Å²) in [5.41, 5.74) is 1.80. The Bertz CT molecular complexity index is 583. The predicted molar refractivity (Wildman–Crippen MR) is 69.1 cm³/mol. The largest absolute Gasteiger partial charge is 0.481 e. The minimum atomic E-state index is -0.839. The van der Waals surface area contributed by atoms with Gasteiger partial charge in [0.1, 0.15) is 5.03 Å². The number of aliphatic carboxylic acids is 1. The molecule has 0 amide bonds. The zero-order valence-electron chi connectivity index (χ0n) is 9.88. The number of aryl methyl sites for hydroxylation is 2. The van der Waals surface area contributed by atoms with Crippen LogP contribution in [0.5, 0.6) is 0 Å². The fourth-order valence-electron chi connectivity index (χ4n) is 1.32. The maximum atomic E-state index is 10.7. The molecule has 1 N–H and O–H groups in total. The third-order valence-electron chi connectivity index (χ3n) is 2.15. The number of nitrogens with zero attached hydrogens (tertiary/aromatic N) is 3. The predicted octanol–water partition coefficient (Wildman–Crippen LogP) is 2.33. The van der Waals surface area contributed by atoms with Crippen LogP contribution >= 0.6 is 23.1 Å². The topological polar surface area (TPSA) is 76.0 Å². The second kappa shape index (κ2) is 5.45. The molecular formula is C11H11N3O2S2. The molecule has 0 aliphatic carbocycles. The molecule has 0 fully saturated rings. The van der Waals surface area contributed by atoms with Crippen molar-refractivity contribution in [3.05, 3.63) is 28.4 Å². The van der Waals surface area contributed by atoms with E-state index in [-0.39, 0.29) is 6.42 Å². The minimum Gasteiger partial charge on any atom is -0.481 e. The molecule has 5 nitrogen and oxygen atoms in total. The van der Waals surface area contributed by atoms with E-state index in [4.69, 9.17) is 5.11 Å². The molecule has 0 bridgehead atoms. The SMILES string of the molecule is Cc1cnnc(Sc2nc(C)c(CC(=O)O)s2)c1. The summed E-state index contributed by atoms with van der Waals surface area (Å²) in [6.45, 7) is 3.77. The Balaban J connectivity index is 2.17. The van der Waals surface area contributed by atoms with Gasteiger partial charge in [-0.05, 0) is 37.2 Å². The molecule has 2 aromatic rings. The molecular weight excluding hydrogens is 270 g/mol. The van der Waals surface area contributed by atoms with Crippen LogP contribution in [-0.4, -0.2) is 26.3 Å². The highest BCUT2D eigenvalue weighted by molar-refractivity contribution is 8.01. The second-order valence-corrected chi connectivity index (χ2v) is 6.08. The quantitative estimate of drug-likeness (QED) is 0.927. The Morgan fingerprint density at radius 1 is 1.50 bits per heavy atom. The van der Waals surface area contributed by atoms with Crippen LogP contribution in [0.1, 0.15) is 16.1 Å². The van der Waals surface area contributed by atoms with E-state index in [1.54, 1.807) is 6.20 Å². The van der Waals surface area contributed by atoms with E-state index < -0.39 is 5.97 Å². The van der Waals surface area contributed by atoms with Gasteiger partial charge in [-0.15, -0.1) is 16.4 Å². The average molecular weight is 281 g/mol. The van der Waals surface area contributed by atoms with Gasteiger partial charge >= 0.3 is 5.97 Å². The maximum Gasteiger partial charge on any atom is 0.308 e. The van der Waals surface area contributed by atoms with Gasteiger partial charge in [0.05, 0.1) is 18.3 Å². The lowest BCUT2D eigenvalue weighted by Crippen LogP contribution is -1.99. The summed E-state index contributed by atoms with van der Waals surface area (Å²) in [5.74, 6) is -0.839. The van der Waals surface area contributed by atoms with Crippen molar-refractivity contribution in [1.29, 1.82) is 0 Å². The van der Waals surface area contributed by atoms with E-state index >= 15 is 0 Å². The van der Waals surface area contributed by atoms with Crippen LogP contribution in [0.4, 0.5) is 0 Å². The Hall–Kier alpha value is -1.47. The van der Waals surface area contributed by atoms with Crippen molar-refractivity contribution in [2.45, 2.75) is 29.6 Å². The maximum absolute atomic E-state index is 10.7. The lowest BCUT2D eigenvalue weighted by Gasteiger charge is -1.96. The van der Waals surface area contributed by atoms with Crippen molar-refractivity contribution in [2.75, 3.05) is 0 Å². The number of thiazole rings is 1. The van der Waals surface area contributed by atoms with Crippen LogP contribution in [0, 0.1) is 13.8 Å². The number of rotatable bonds is 4. The molecule has 18 heavy (non-hydrogen) atoms. The molecule has 2 heterocycles. The summed E-state index contributed by atoms with van der Waals surface area (Å²) in [7, 11) is 0. The van der Waals surface area contributed by atoms with Crippen LogP contribution in [0.25, 0.3) is 0 Å². The zero-order chi connectivity index (χ0) is 13.1. The van der Waals surface area contributed by atoms with Gasteiger partial charge in [-0.2, -0.15) is 5.10 Å². The van der Waals surface area contributed by atoms with E-state index in [0.717, 1.165) is 25.5 Å². The summed E-state index contributed by atoms with van der Waals surface area (Å²) in [6, 6.07) is 1.92. The van der Waals surface area contributed by atoms with Gasteiger partial charge < -0.3 is 5.11 Å². The fourth-order valence-corrected chi connectivity index (χ4v) is 3.52. The van der Waals surface area contributed by atoms with Gasteiger partial charge in [0.25, 0.3) is 0 Å². The van der Waals surface area contributed by atoms with E-state index in [1.165, 1.54) is 23.1 Å². The number of carbonyl (C=O) groups is 1. The van der Waals surface area contributed by atoms with Gasteiger partial charge in [-0.3, -0.25) is 4.79 Å².